The van der Waals surface area contributed by atoms with Gasteiger partial charge in [0.15, 0.2) is 11.4 Å². The Labute approximate surface area is 280 Å². The summed E-state index contributed by atoms with van der Waals surface area (Å²) in [6.45, 7) is 2.59. The summed E-state index contributed by atoms with van der Waals surface area (Å²) in [6, 6.07) is 20.3. The zero-order chi connectivity index (χ0) is 34.9. The summed E-state index contributed by atoms with van der Waals surface area (Å²) in [5, 5.41) is 29.9. The van der Waals surface area contributed by atoms with E-state index in [1.807, 2.05) is 12.1 Å². The highest BCUT2D eigenvalue weighted by Crippen LogP contribution is 2.50. The van der Waals surface area contributed by atoms with Crippen molar-refractivity contribution in [2.24, 2.45) is 11.8 Å². The maximum atomic E-state index is 14.2. The van der Waals surface area contributed by atoms with Crippen LogP contribution in [0.15, 0.2) is 88.3 Å². The molecule has 0 radical (unpaired) electrons. The van der Waals surface area contributed by atoms with Crippen LogP contribution in [0.4, 0.5) is 0 Å². The van der Waals surface area contributed by atoms with Gasteiger partial charge in [-0.2, -0.15) is 10.5 Å². The van der Waals surface area contributed by atoms with E-state index in [-0.39, 0.29) is 41.0 Å². The highest BCUT2D eigenvalue weighted by atomic mass is 16.6. The van der Waals surface area contributed by atoms with Crippen molar-refractivity contribution in [3.8, 4) is 29.2 Å². The van der Waals surface area contributed by atoms with Gasteiger partial charge < -0.3 is 23.7 Å². The number of ketones is 1. The van der Waals surface area contributed by atoms with E-state index in [2.05, 4.69) is 4.98 Å². The van der Waals surface area contributed by atoms with Crippen LogP contribution in [-0.4, -0.2) is 51.7 Å². The Bertz CT molecular complexity index is 2080. The smallest absolute Gasteiger partial charge is 0.351 e. The van der Waals surface area contributed by atoms with Crippen LogP contribution in [0.1, 0.15) is 68.9 Å². The lowest BCUT2D eigenvalue weighted by Crippen LogP contribution is -2.63. The summed E-state index contributed by atoms with van der Waals surface area (Å²) >= 11 is 0. The number of pyridine rings is 1. The molecule has 246 valence electrons. The number of rotatable bonds is 7. The number of ether oxygens (including phenoxy) is 3. The zero-order valence-electron chi connectivity index (χ0n) is 26.4. The molecule has 0 amide bonds. The third-order valence-electron chi connectivity index (χ3n) is 9.23. The summed E-state index contributed by atoms with van der Waals surface area (Å²) in [6.07, 6.45) is 1.90. The molecular weight excluding hydrogens is 630 g/mol. The number of nitrogens with zero attached hydrogens (tertiary/aromatic N) is 3. The number of nitriles is 2. The molecule has 12 heteroatoms. The van der Waals surface area contributed by atoms with Crippen LogP contribution in [-0.2, 0) is 9.47 Å². The molecule has 6 rings (SSSR count). The van der Waals surface area contributed by atoms with Gasteiger partial charge >= 0.3 is 17.6 Å². The fourth-order valence-electron chi connectivity index (χ4n) is 6.32. The number of aromatic nitrogens is 1. The highest BCUT2D eigenvalue weighted by molar-refractivity contribution is 6.02. The second-order valence-electron chi connectivity index (χ2n) is 12.5. The Hall–Kier alpha value is -6.11. The van der Waals surface area contributed by atoms with E-state index in [9.17, 15) is 24.3 Å². The van der Waals surface area contributed by atoms with E-state index in [0.717, 1.165) is 0 Å². The number of carbonyl (C=O) groups excluding carboxylic acids is 3. The van der Waals surface area contributed by atoms with E-state index in [4.69, 9.17) is 29.2 Å². The minimum atomic E-state index is -1.72. The van der Waals surface area contributed by atoms with Crippen LogP contribution in [0.3, 0.4) is 0 Å². The third kappa shape index (κ3) is 6.30. The number of esters is 2. The molecule has 1 aliphatic heterocycles. The summed E-state index contributed by atoms with van der Waals surface area (Å²) < 4.78 is 23.4. The van der Waals surface area contributed by atoms with Crippen LogP contribution in [0.25, 0.3) is 11.3 Å². The number of hydrogen-bond acceptors (Lipinski definition) is 12. The molecule has 49 heavy (non-hydrogen) atoms. The molecular formula is C37H29N3O9. The van der Waals surface area contributed by atoms with Gasteiger partial charge in [-0.1, -0.05) is 0 Å². The SMILES string of the molecule is CC(O)(COC(=O)c1ccc(C#N)cc1)[C@@H]1C[C@H](OC(=O)c2ccc(C#N)cc2)[C@@]2(C)Oc3cc(-c4cccnc4)oc(=O)c3C(=O)[C@@H]2C1. The number of carbonyl (C=O) groups is 3. The first-order valence-electron chi connectivity index (χ1n) is 15.4. The maximum Gasteiger partial charge on any atom is 0.351 e. The number of hydrogen-bond donors (Lipinski definition) is 1. The number of Topliss-reactive ketones (excluding diaryl/α,β-unsaturated/α-hetero) is 1. The normalized spacial score (nSPS) is 22.1. The van der Waals surface area contributed by atoms with Crippen molar-refractivity contribution in [1.82, 2.24) is 4.98 Å². The van der Waals surface area contributed by atoms with Crippen LogP contribution >= 0.6 is 0 Å². The van der Waals surface area contributed by atoms with Gasteiger partial charge in [-0.3, -0.25) is 9.78 Å². The van der Waals surface area contributed by atoms with Gasteiger partial charge in [0, 0.05) is 24.0 Å². The molecule has 0 bridgehead atoms. The van der Waals surface area contributed by atoms with Gasteiger partial charge in [0.05, 0.1) is 45.9 Å². The minimum Gasteiger partial charge on any atom is -0.482 e. The molecule has 2 aliphatic rings. The first-order valence-corrected chi connectivity index (χ1v) is 15.4. The lowest BCUT2D eigenvalue weighted by Gasteiger charge is -2.52. The number of fused-ring (bicyclic) bond motifs is 2. The predicted octanol–water partition coefficient (Wildman–Crippen LogP) is 4.64. The average molecular weight is 660 g/mol. The van der Waals surface area contributed by atoms with Crippen LogP contribution in [0.5, 0.6) is 5.75 Å². The fraction of sp³-hybridized carbons (Fsp3) is 0.270. The number of aliphatic hydroxyl groups is 1. The minimum absolute atomic E-state index is 0.00402. The molecule has 1 unspecified atom stereocenters. The fourth-order valence-corrected chi connectivity index (χ4v) is 6.32. The zero-order valence-corrected chi connectivity index (χ0v) is 26.4. The van der Waals surface area contributed by atoms with Gasteiger partial charge in [-0.25, -0.2) is 14.4 Å². The van der Waals surface area contributed by atoms with Gasteiger partial charge in [0.1, 0.15) is 29.8 Å². The lowest BCUT2D eigenvalue weighted by atomic mass is 9.62. The van der Waals surface area contributed by atoms with Gasteiger partial charge in [0.2, 0.25) is 0 Å². The molecule has 5 atom stereocenters. The van der Waals surface area contributed by atoms with Crippen molar-refractivity contribution in [2.45, 2.75) is 44.0 Å². The van der Waals surface area contributed by atoms with Crippen molar-refractivity contribution >= 4 is 17.7 Å². The third-order valence-corrected chi connectivity index (χ3v) is 9.23. The van der Waals surface area contributed by atoms with E-state index >= 15 is 0 Å². The van der Waals surface area contributed by atoms with Crippen molar-refractivity contribution < 1.29 is 38.1 Å². The van der Waals surface area contributed by atoms with Crippen LogP contribution in [0.2, 0.25) is 0 Å². The van der Waals surface area contributed by atoms with E-state index < -0.39 is 59.1 Å². The standard InChI is InChI=1S/C37H29N3O9/c1-36(45,20-46-33(42)23-9-5-21(17-38)6-10-23)26-14-27-32(41)31-29(16-28(47-35(31)44)25-4-3-13-40-19-25)49-37(27,2)30(15-26)48-34(43)24-11-7-22(18-39)8-12-24/h3-13,16,19,26-27,30,45H,14-15,20H2,1-2H3/t26-,27-,30-,36?,37-/m0/s1. The summed E-state index contributed by atoms with van der Waals surface area (Å²) in [5.74, 6) is -3.88. The highest BCUT2D eigenvalue weighted by Gasteiger charge is 2.60. The molecule has 3 heterocycles. The van der Waals surface area contributed by atoms with Crippen LogP contribution in [0, 0.1) is 34.5 Å². The summed E-state index contributed by atoms with van der Waals surface area (Å²) in [4.78, 5) is 57.7. The molecule has 2 aromatic carbocycles. The first kappa shape index (κ1) is 32.8. The van der Waals surface area contributed by atoms with Crippen molar-refractivity contribution in [3.63, 3.8) is 0 Å². The van der Waals surface area contributed by atoms with Gasteiger partial charge in [-0.15, -0.1) is 0 Å². The molecule has 1 fully saturated rings. The van der Waals surface area contributed by atoms with Gasteiger partial charge in [-0.05, 0) is 93.3 Å². The molecule has 12 nitrogen and oxygen atoms in total. The Morgan fingerprint density at radius 1 is 1.00 bits per heavy atom. The molecule has 2 aromatic heterocycles. The maximum absolute atomic E-state index is 14.2. The average Bonchev–Trinajstić information content (AvgIpc) is 3.11. The molecule has 0 saturated heterocycles. The monoisotopic (exact) mass is 659 g/mol. The van der Waals surface area contributed by atoms with Crippen molar-refractivity contribution in [3.05, 3.63) is 117 Å². The first-order chi connectivity index (χ1) is 23.4. The molecule has 0 spiro atoms. The second-order valence-corrected chi connectivity index (χ2v) is 12.5. The van der Waals surface area contributed by atoms with Gasteiger partial charge in [0.25, 0.3) is 0 Å². The van der Waals surface area contributed by atoms with E-state index in [1.54, 1.807) is 25.3 Å². The lowest BCUT2D eigenvalue weighted by molar-refractivity contribution is -0.153. The van der Waals surface area contributed by atoms with Crippen molar-refractivity contribution in [1.29, 1.82) is 10.5 Å². The van der Waals surface area contributed by atoms with E-state index in [0.29, 0.717) is 16.7 Å². The number of benzene rings is 2. The Kier molecular flexibility index (Phi) is 8.59. The Morgan fingerprint density at radius 3 is 2.22 bits per heavy atom. The predicted molar refractivity (Wildman–Crippen MR) is 170 cm³/mol. The summed E-state index contributed by atoms with van der Waals surface area (Å²) in [7, 11) is 0. The topological polar surface area (TPSA) is 190 Å². The summed E-state index contributed by atoms with van der Waals surface area (Å²) in [5.41, 5.74) is -2.94. The molecule has 1 N–H and O–H groups in total. The Morgan fingerprint density at radius 2 is 1.63 bits per heavy atom. The quantitative estimate of drug-likeness (QED) is 0.271. The molecule has 4 aromatic rings. The van der Waals surface area contributed by atoms with Crippen molar-refractivity contribution in [2.75, 3.05) is 6.61 Å². The molecule has 1 saturated carbocycles. The van der Waals surface area contributed by atoms with Crippen LogP contribution < -0.4 is 10.4 Å². The van der Waals surface area contributed by atoms with E-state index in [1.165, 1.54) is 67.7 Å². The Balaban J connectivity index is 1.33. The molecule has 1 aliphatic carbocycles. The second kappa shape index (κ2) is 12.8. The largest absolute Gasteiger partial charge is 0.482 e.